The Hall–Kier alpha value is -2.57. The summed E-state index contributed by atoms with van der Waals surface area (Å²) in [5.74, 6) is 0.904. The number of benzene rings is 3. The highest BCUT2D eigenvalue weighted by Crippen LogP contribution is 2.20. The van der Waals surface area contributed by atoms with Gasteiger partial charge in [-0.2, -0.15) is 0 Å². The first-order valence-electron chi connectivity index (χ1n) is 11.8. The van der Waals surface area contributed by atoms with E-state index in [2.05, 4.69) is 40.3 Å². The highest BCUT2D eigenvalue weighted by atomic mass is 79.9. The molecule has 2 amide bonds. The zero-order valence-electron chi connectivity index (χ0n) is 20.5. The highest BCUT2D eigenvalue weighted by molar-refractivity contribution is 9.10. The summed E-state index contributed by atoms with van der Waals surface area (Å²) >= 11 is 5.07. The van der Waals surface area contributed by atoms with Crippen molar-refractivity contribution in [2.45, 2.75) is 51.6 Å². The molecule has 0 aromatic heterocycles. The van der Waals surface area contributed by atoms with Crippen molar-refractivity contribution in [1.29, 1.82) is 0 Å². The first-order chi connectivity index (χ1) is 16.8. The highest BCUT2D eigenvalue weighted by Gasteiger charge is 2.30. The van der Waals surface area contributed by atoms with Crippen LogP contribution in [0, 0.1) is 6.92 Å². The van der Waals surface area contributed by atoms with Crippen LogP contribution in [0.5, 0.6) is 0 Å². The minimum atomic E-state index is -0.602. The fourth-order valence-electron chi connectivity index (χ4n) is 3.82. The predicted octanol–water partition coefficient (Wildman–Crippen LogP) is 6.16. The molecule has 0 unspecified atom stereocenters. The summed E-state index contributed by atoms with van der Waals surface area (Å²) in [7, 11) is 0. The van der Waals surface area contributed by atoms with Crippen molar-refractivity contribution in [2.75, 3.05) is 5.75 Å². The van der Waals surface area contributed by atoms with Crippen LogP contribution in [0.2, 0.25) is 0 Å². The second-order valence-corrected chi connectivity index (χ2v) is 10.8. The molecule has 35 heavy (non-hydrogen) atoms. The third-order valence-electron chi connectivity index (χ3n) is 5.71. The van der Waals surface area contributed by atoms with E-state index < -0.39 is 6.04 Å². The molecule has 3 aromatic rings. The summed E-state index contributed by atoms with van der Waals surface area (Å²) < 4.78 is 0.978. The molecule has 3 rings (SSSR count). The summed E-state index contributed by atoms with van der Waals surface area (Å²) in [4.78, 5) is 28.7. The minimum absolute atomic E-state index is 0.0131. The van der Waals surface area contributed by atoms with Crippen molar-refractivity contribution in [3.05, 3.63) is 106 Å². The topological polar surface area (TPSA) is 49.4 Å². The van der Waals surface area contributed by atoms with Gasteiger partial charge in [-0.3, -0.25) is 9.59 Å². The monoisotopic (exact) mass is 552 g/mol. The van der Waals surface area contributed by atoms with Crippen molar-refractivity contribution in [3.8, 4) is 0 Å². The molecule has 0 saturated carbocycles. The SMILES string of the molecule is Cc1ccccc1CSCC(=O)N(Cc1ccc(Br)cc1)[C@H](Cc1ccccc1)C(=O)NC(C)C. The van der Waals surface area contributed by atoms with E-state index in [9.17, 15) is 9.59 Å². The summed E-state index contributed by atoms with van der Waals surface area (Å²) in [5, 5.41) is 3.04. The third-order valence-corrected chi connectivity index (χ3v) is 7.21. The fourth-order valence-corrected chi connectivity index (χ4v) is 5.08. The lowest BCUT2D eigenvalue weighted by molar-refractivity contribution is -0.139. The second kappa shape index (κ2) is 13.5. The van der Waals surface area contributed by atoms with Crippen molar-refractivity contribution in [3.63, 3.8) is 0 Å². The van der Waals surface area contributed by atoms with E-state index in [-0.39, 0.29) is 17.9 Å². The Morgan fingerprint density at radius 3 is 2.23 bits per heavy atom. The number of hydrogen-bond acceptors (Lipinski definition) is 3. The Bertz CT molecular complexity index is 1100. The Morgan fingerprint density at radius 1 is 0.914 bits per heavy atom. The summed E-state index contributed by atoms with van der Waals surface area (Å²) in [6.45, 7) is 6.34. The Kier molecular flexibility index (Phi) is 10.4. The number of carbonyl (C=O) groups is 2. The van der Waals surface area contributed by atoms with E-state index in [0.717, 1.165) is 21.4 Å². The number of nitrogens with zero attached hydrogens (tertiary/aromatic N) is 1. The molecule has 0 aliphatic carbocycles. The molecule has 1 N–H and O–H groups in total. The standard InChI is InChI=1S/C29H33BrN2O2S/c1-21(2)31-29(34)27(17-23-10-5-4-6-11-23)32(18-24-13-15-26(30)16-14-24)28(33)20-35-19-25-12-8-7-9-22(25)3/h4-16,21,27H,17-20H2,1-3H3,(H,31,34)/t27-/m1/s1. The predicted molar refractivity (Wildman–Crippen MR) is 149 cm³/mol. The number of thioether (sulfide) groups is 1. The molecule has 6 heteroatoms. The zero-order chi connectivity index (χ0) is 25.2. The van der Waals surface area contributed by atoms with Crippen LogP contribution >= 0.6 is 27.7 Å². The number of rotatable bonds is 11. The van der Waals surface area contributed by atoms with Gasteiger partial charge in [-0.05, 0) is 55.2 Å². The molecule has 0 bridgehead atoms. The van der Waals surface area contributed by atoms with Crippen molar-refractivity contribution >= 4 is 39.5 Å². The summed E-state index contributed by atoms with van der Waals surface area (Å²) in [6.07, 6.45) is 0.462. The van der Waals surface area contributed by atoms with E-state index in [1.54, 1.807) is 16.7 Å². The van der Waals surface area contributed by atoms with Gasteiger partial charge in [-0.1, -0.05) is 82.7 Å². The van der Waals surface area contributed by atoms with Crippen LogP contribution in [0.25, 0.3) is 0 Å². The van der Waals surface area contributed by atoms with Gasteiger partial charge in [0.25, 0.3) is 0 Å². The largest absolute Gasteiger partial charge is 0.352 e. The van der Waals surface area contributed by atoms with Gasteiger partial charge in [-0.25, -0.2) is 0 Å². The van der Waals surface area contributed by atoms with Crippen molar-refractivity contribution < 1.29 is 9.59 Å². The van der Waals surface area contributed by atoms with E-state index in [0.29, 0.717) is 18.7 Å². The van der Waals surface area contributed by atoms with Gasteiger partial charge in [0.15, 0.2) is 0 Å². The molecule has 0 aliphatic rings. The molecule has 1 atom stereocenters. The van der Waals surface area contributed by atoms with Crippen molar-refractivity contribution in [1.82, 2.24) is 10.2 Å². The maximum absolute atomic E-state index is 13.6. The normalized spacial score (nSPS) is 11.8. The Morgan fingerprint density at radius 2 is 1.57 bits per heavy atom. The number of amides is 2. The van der Waals surface area contributed by atoms with Gasteiger partial charge < -0.3 is 10.2 Å². The third kappa shape index (κ3) is 8.55. The minimum Gasteiger partial charge on any atom is -0.352 e. The fraction of sp³-hybridized carbons (Fsp3) is 0.310. The van der Waals surface area contributed by atoms with Crippen LogP contribution in [0.3, 0.4) is 0 Å². The first-order valence-corrected chi connectivity index (χ1v) is 13.8. The zero-order valence-corrected chi connectivity index (χ0v) is 22.9. The van der Waals surface area contributed by atoms with E-state index in [1.165, 1.54) is 11.1 Å². The number of aryl methyl sites for hydroxylation is 1. The smallest absolute Gasteiger partial charge is 0.243 e. The van der Waals surface area contributed by atoms with Crippen LogP contribution < -0.4 is 5.32 Å². The van der Waals surface area contributed by atoms with Crippen LogP contribution in [0.1, 0.15) is 36.1 Å². The lowest BCUT2D eigenvalue weighted by Crippen LogP contribution is -2.52. The molecule has 0 radical (unpaired) electrons. The quantitative estimate of drug-likeness (QED) is 0.310. The summed E-state index contributed by atoms with van der Waals surface area (Å²) in [5.41, 5.74) is 4.46. The Balaban J connectivity index is 1.84. The van der Waals surface area contributed by atoms with Crippen LogP contribution in [-0.2, 0) is 28.3 Å². The molecule has 0 spiro atoms. The average molecular weight is 554 g/mol. The molecule has 184 valence electrons. The van der Waals surface area contributed by atoms with Gasteiger partial charge in [-0.15, -0.1) is 11.8 Å². The van der Waals surface area contributed by atoms with Gasteiger partial charge in [0.2, 0.25) is 11.8 Å². The van der Waals surface area contributed by atoms with Gasteiger partial charge in [0, 0.05) is 29.2 Å². The van der Waals surface area contributed by atoms with Gasteiger partial charge in [0.1, 0.15) is 6.04 Å². The van der Waals surface area contributed by atoms with Crippen LogP contribution in [0.15, 0.2) is 83.3 Å². The molecule has 0 aliphatic heterocycles. The van der Waals surface area contributed by atoms with Crippen molar-refractivity contribution in [2.24, 2.45) is 0 Å². The maximum Gasteiger partial charge on any atom is 0.243 e. The first kappa shape index (κ1) is 27.0. The second-order valence-electron chi connectivity index (χ2n) is 8.94. The molecule has 4 nitrogen and oxygen atoms in total. The number of carbonyl (C=O) groups excluding carboxylic acids is 2. The number of hydrogen-bond donors (Lipinski definition) is 1. The van der Waals surface area contributed by atoms with E-state index >= 15 is 0 Å². The van der Waals surface area contributed by atoms with Gasteiger partial charge in [0.05, 0.1) is 5.75 Å². The summed E-state index contributed by atoms with van der Waals surface area (Å²) in [6, 6.07) is 25.4. The lowest BCUT2D eigenvalue weighted by Gasteiger charge is -2.32. The lowest BCUT2D eigenvalue weighted by atomic mass is 10.0. The molecule has 0 fully saturated rings. The van der Waals surface area contributed by atoms with Gasteiger partial charge >= 0.3 is 0 Å². The van der Waals surface area contributed by atoms with Crippen LogP contribution in [-0.4, -0.2) is 34.6 Å². The molecule has 0 saturated heterocycles. The molecular weight excluding hydrogens is 520 g/mol. The Labute approximate surface area is 221 Å². The van der Waals surface area contributed by atoms with E-state index in [4.69, 9.17) is 0 Å². The average Bonchev–Trinajstić information content (AvgIpc) is 2.84. The number of nitrogens with one attached hydrogen (secondary N) is 1. The number of halogens is 1. The molecular formula is C29H33BrN2O2S. The van der Waals surface area contributed by atoms with Crippen LogP contribution in [0.4, 0.5) is 0 Å². The molecule has 3 aromatic carbocycles. The van der Waals surface area contributed by atoms with E-state index in [1.807, 2.05) is 80.6 Å². The maximum atomic E-state index is 13.6. The molecule has 0 heterocycles.